The zero-order valence-corrected chi connectivity index (χ0v) is 25.8. The molecule has 0 radical (unpaired) electrons. The van der Waals surface area contributed by atoms with E-state index in [1.807, 2.05) is 18.2 Å². The van der Waals surface area contributed by atoms with E-state index in [1.54, 1.807) is 0 Å². The Morgan fingerprint density at radius 3 is 2.47 bits per heavy atom. The molecule has 0 saturated carbocycles. The van der Waals surface area contributed by atoms with Crippen molar-refractivity contribution in [1.29, 1.82) is 0 Å². The van der Waals surface area contributed by atoms with Gasteiger partial charge >= 0.3 is 6.09 Å². The molecule has 1 atom stereocenters. The summed E-state index contributed by atoms with van der Waals surface area (Å²) in [6, 6.07) is 12.0. The molecule has 1 unspecified atom stereocenters. The zero-order chi connectivity index (χ0) is 30.9. The van der Waals surface area contributed by atoms with Crippen molar-refractivity contribution in [2.45, 2.75) is 70.6 Å². The number of aryl methyl sites for hydroxylation is 1. The molecule has 0 spiro atoms. The van der Waals surface area contributed by atoms with E-state index >= 15 is 0 Å². The first-order chi connectivity index (χ1) is 21.0. The number of nitrogens with one attached hydrogen (secondary N) is 2. The van der Waals surface area contributed by atoms with Gasteiger partial charge in [-0.25, -0.2) is 4.79 Å². The van der Waals surface area contributed by atoms with Gasteiger partial charge in [0.25, 0.3) is 0 Å². The van der Waals surface area contributed by atoms with Gasteiger partial charge in [0.1, 0.15) is 6.61 Å². The van der Waals surface area contributed by atoms with Crippen molar-refractivity contribution in [1.82, 2.24) is 10.6 Å². The molecule has 2 amide bonds. The minimum absolute atomic E-state index is 0.0169. The minimum atomic E-state index is -0.501. The first kappa shape index (κ1) is 34.2. The average Bonchev–Trinajstić information content (AvgIpc) is 3.33. The predicted octanol–water partition coefficient (Wildman–Crippen LogP) is 5.16. The highest BCUT2D eigenvalue weighted by atomic mass is 16.5. The summed E-state index contributed by atoms with van der Waals surface area (Å²) in [6.45, 7) is 5.28. The van der Waals surface area contributed by atoms with Crippen LogP contribution in [0.25, 0.3) is 11.1 Å². The van der Waals surface area contributed by atoms with E-state index in [1.165, 1.54) is 7.05 Å². The third-order valence-corrected chi connectivity index (χ3v) is 7.59. The molecule has 9 nitrogen and oxygen atoms in total. The van der Waals surface area contributed by atoms with Crippen LogP contribution < -0.4 is 10.6 Å². The van der Waals surface area contributed by atoms with Crippen molar-refractivity contribution >= 4 is 17.8 Å². The quantitative estimate of drug-likeness (QED) is 0.134. The number of hydrogen-bond acceptors (Lipinski definition) is 7. The molecule has 3 rings (SSSR count). The number of ether oxygens (including phenoxy) is 3. The van der Waals surface area contributed by atoms with Gasteiger partial charge in [-0.2, -0.15) is 0 Å². The Morgan fingerprint density at radius 1 is 0.884 bits per heavy atom. The summed E-state index contributed by atoms with van der Waals surface area (Å²) < 4.78 is 16.6. The summed E-state index contributed by atoms with van der Waals surface area (Å²) in [5.41, 5.74) is 5.65. The number of alkyl carbamates (subject to hydrolysis) is 1. The van der Waals surface area contributed by atoms with Crippen LogP contribution in [0.5, 0.6) is 0 Å². The van der Waals surface area contributed by atoms with Crippen molar-refractivity contribution < 1.29 is 33.7 Å². The molecular weight excluding hydrogens is 548 g/mol. The number of amides is 2. The largest absolute Gasteiger partial charge is 0.449 e. The van der Waals surface area contributed by atoms with Crippen LogP contribution in [0.4, 0.5) is 4.79 Å². The molecule has 0 saturated heterocycles. The van der Waals surface area contributed by atoms with Gasteiger partial charge in [0.05, 0.1) is 6.61 Å². The Kier molecular flexibility index (Phi) is 15.2. The van der Waals surface area contributed by atoms with Crippen LogP contribution in [0.15, 0.2) is 36.4 Å². The Balaban J connectivity index is 1.66. The highest BCUT2D eigenvalue weighted by molar-refractivity contribution is 6.04. The molecule has 9 heteroatoms. The fourth-order valence-electron chi connectivity index (χ4n) is 5.30. The van der Waals surface area contributed by atoms with Crippen molar-refractivity contribution in [3.63, 3.8) is 0 Å². The van der Waals surface area contributed by atoms with Gasteiger partial charge in [0.15, 0.2) is 5.78 Å². The standard InChI is InChI=1S/C34H48N2O7/c1-3-4-19-42-22-17-36-32(39)14-7-10-25-15-16-27-29(23-25)30(24-43-34(40)35-2)26-11-8-12-28(33(26)27)31(38)13-9-21-41-20-6-5-18-37/h8,11-12,15-16,23,30,37H,3-7,9-10,13-14,17-22,24H2,1-2H3,(H,35,40)(H,36,39). The van der Waals surface area contributed by atoms with E-state index in [2.05, 4.69) is 35.8 Å². The maximum absolute atomic E-state index is 13.4. The van der Waals surface area contributed by atoms with E-state index in [-0.39, 0.29) is 30.8 Å². The zero-order valence-electron chi connectivity index (χ0n) is 25.8. The van der Waals surface area contributed by atoms with Crippen LogP contribution in [-0.2, 0) is 25.4 Å². The molecule has 0 fully saturated rings. The molecule has 236 valence electrons. The normalized spacial score (nSPS) is 13.3. The highest BCUT2D eigenvalue weighted by Gasteiger charge is 2.33. The molecular formula is C34H48N2O7. The molecule has 3 N–H and O–H groups in total. The maximum Gasteiger partial charge on any atom is 0.406 e. The van der Waals surface area contributed by atoms with Crippen molar-refractivity contribution in [2.75, 3.05) is 53.2 Å². The third kappa shape index (κ3) is 10.7. The van der Waals surface area contributed by atoms with Crippen molar-refractivity contribution in [2.24, 2.45) is 0 Å². The molecule has 2 aromatic carbocycles. The number of benzene rings is 2. The molecule has 0 aliphatic heterocycles. The Labute approximate surface area is 255 Å². The molecule has 1 aliphatic rings. The van der Waals surface area contributed by atoms with Crippen LogP contribution in [0.3, 0.4) is 0 Å². The number of carbonyl (C=O) groups is 3. The lowest BCUT2D eigenvalue weighted by atomic mass is 9.93. The number of ketones is 1. The lowest BCUT2D eigenvalue weighted by molar-refractivity contribution is -0.121. The predicted molar refractivity (Wildman–Crippen MR) is 167 cm³/mol. The second-order valence-corrected chi connectivity index (χ2v) is 10.8. The van der Waals surface area contributed by atoms with E-state index in [0.29, 0.717) is 64.0 Å². The van der Waals surface area contributed by atoms with Gasteiger partial charge in [-0.05, 0) is 66.3 Å². The molecule has 0 heterocycles. The Morgan fingerprint density at radius 2 is 1.67 bits per heavy atom. The number of Topliss-reactive ketones (excluding diaryl/α,β-unsaturated/α-hetero) is 1. The first-order valence-corrected chi connectivity index (χ1v) is 15.7. The van der Waals surface area contributed by atoms with E-state index in [0.717, 1.165) is 60.1 Å². The number of carbonyl (C=O) groups excluding carboxylic acids is 3. The van der Waals surface area contributed by atoms with Crippen molar-refractivity contribution in [3.8, 4) is 11.1 Å². The fourth-order valence-corrected chi connectivity index (χ4v) is 5.30. The summed E-state index contributed by atoms with van der Waals surface area (Å²) in [6.07, 6.45) is 5.99. The minimum Gasteiger partial charge on any atom is -0.449 e. The summed E-state index contributed by atoms with van der Waals surface area (Å²) in [7, 11) is 1.53. The maximum atomic E-state index is 13.4. The molecule has 0 bridgehead atoms. The lowest BCUT2D eigenvalue weighted by Gasteiger charge is -2.15. The fraction of sp³-hybridized carbons (Fsp3) is 0.559. The second-order valence-electron chi connectivity index (χ2n) is 10.8. The number of fused-ring (bicyclic) bond motifs is 3. The molecule has 2 aromatic rings. The SMILES string of the molecule is CCCCOCCNC(=O)CCCc1ccc2c(c1)C(COC(=O)NC)c1cccc(C(=O)CCCOCCCCO)c1-2. The molecule has 0 aromatic heterocycles. The molecule has 43 heavy (non-hydrogen) atoms. The Bertz CT molecular complexity index is 1180. The van der Waals surface area contributed by atoms with Crippen LogP contribution >= 0.6 is 0 Å². The third-order valence-electron chi connectivity index (χ3n) is 7.59. The topological polar surface area (TPSA) is 123 Å². The smallest absolute Gasteiger partial charge is 0.406 e. The highest BCUT2D eigenvalue weighted by Crippen LogP contribution is 2.47. The second kappa shape index (κ2) is 19.1. The average molecular weight is 597 g/mol. The van der Waals surface area contributed by atoms with Gasteiger partial charge in [0, 0.05) is 64.3 Å². The van der Waals surface area contributed by atoms with Crippen LogP contribution in [-0.4, -0.2) is 76.1 Å². The Hall–Kier alpha value is -3.27. The summed E-state index contributed by atoms with van der Waals surface area (Å²) >= 11 is 0. The number of hydrogen-bond donors (Lipinski definition) is 3. The van der Waals surface area contributed by atoms with Gasteiger partial charge in [-0.3, -0.25) is 9.59 Å². The van der Waals surface area contributed by atoms with Crippen LogP contribution in [0.2, 0.25) is 0 Å². The van der Waals surface area contributed by atoms with Crippen LogP contribution in [0, 0.1) is 0 Å². The summed E-state index contributed by atoms with van der Waals surface area (Å²) in [4.78, 5) is 37.6. The molecule has 1 aliphatic carbocycles. The van der Waals surface area contributed by atoms with Gasteiger partial charge in [-0.15, -0.1) is 0 Å². The number of unbranched alkanes of at least 4 members (excludes halogenated alkanes) is 2. The van der Waals surface area contributed by atoms with Gasteiger partial charge in [-0.1, -0.05) is 49.7 Å². The van der Waals surface area contributed by atoms with E-state index in [4.69, 9.17) is 19.3 Å². The number of aliphatic hydroxyl groups is 1. The van der Waals surface area contributed by atoms with E-state index < -0.39 is 6.09 Å². The van der Waals surface area contributed by atoms with Gasteiger partial charge < -0.3 is 30.0 Å². The number of aliphatic hydroxyl groups excluding tert-OH is 1. The van der Waals surface area contributed by atoms with Crippen molar-refractivity contribution in [3.05, 3.63) is 58.7 Å². The van der Waals surface area contributed by atoms with E-state index in [9.17, 15) is 14.4 Å². The first-order valence-electron chi connectivity index (χ1n) is 15.7. The number of rotatable bonds is 21. The van der Waals surface area contributed by atoms with Crippen LogP contribution in [0.1, 0.15) is 91.3 Å². The monoisotopic (exact) mass is 596 g/mol. The summed E-state index contributed by atoms with van der Waals surface area (Å²) in [5, 5.41) is 14.3. The summed E-state index contributed by atoms with van der Waals surface area (Å²) in [5.74, 6) is -0.121. The lowest BCUT2D eigenvalue weighted by Crippen LogP contribution is -2.27. The van der Waals surface area contributed by atoms with Gasteiger partial charge in [0.2, 0.25) is 5.91 Å².